The molecular formula is C11H16NNaO4S. The molecule has 1 N–H and O–H groups in total. The van der Waals surface area contributed by atoms with Crippen LogP contribution in [-0.2, 0) is 10.1 Å². The van der Waals surface area contributed by atoms with Crippen molar-refractivity contribution in [3.8, 4) is 0 Å². The number of hydrogen-bond donors (Lipinski definition) is 1. The monoisotopic (exact) mass is 281 g/mol. The second kappa shape index (κ2) is 8.14. The molecule has 0 radical (unpaired) electrons. The molecule has 0 saturated heterocycles. The van der Waals surface area contributed by atoms with E-state index in [-0.39, 0.29) is 36.1 Å². The molecule has 0 saturated carbocycles. The normalized spacial score (nSPS) is 12.6. The quantitative estimate of drug-likeness (QED) is 0.458. The molecule has 0 amide bonds. The van der Waals surface area contributed by atoms with Crippen molar-refractivity contribution in [1.82, 2.24) is 0 Å². The van der Waals surface area contributed by atoms with Crippen molar-refractivity contribution in [1.29, 1.82) is 0 Å². The van der Waals surface area contributed by atoms with Gasteiger partial charge in [-0.15, -0.1) is 0 Å². The third-order valence-electron chi connectivity index (χ3n) is 2.33. The summed E-state index contributed by atoms with van der Waals surface area (Å²) in [5.74, 6) is -0.754. The Morgan fingerprint density at radius 1 is 1.33 bits per heavy atom. The van der Waals surface area contributed by atoms with E-state index >= 15 is 0 Å². The molecule has 0 aliphatic carbocycles. The van der Waals surface area contributed by atoms with Crippen molar-refractivity contribution in [2.75, 3.05) is 23.7 Å². The SMILES string of the molecule is CCN(CC(O)CS(=O)(=O)[O-])c1ccccc1.[Na+]. The van der Waals surface area contributed by atoms with Crippen LogP contribution in [-0.4, -0.2) is 43.0 Å². The predicted molar refractivity (Wildman–Crippen MR) is 64.9 cm³/mol. The summed E-state index contributed by atoms with van der Waals surface area (Å²) in [6.45, 7) is 2.65. The zero-order valence-corrected chi connectivity index (χ0v) is 13.4. The summed E-state index contributed by atoms with van der Waals surface area (Å²) in [5.41, 5.74) is 0.886. The molecule has 0 spiro atoms. The van der Waals surface area contributed by atoms with Gasteiger partial charge >= 0.3 is 29.6 Å². The first-order valence-corrected chi connectivity index (χ1v) is 6.91. The number of hydrogen-bond acceptors (Lipinski definition) is 5. The van der Waals surface area contributed by atoms with Crippen LogP contribution in [0.25, 0.3) is 0 Å². The van der Waals surface area contributed by atoms with Gasteiger partial charge in [-0.05, 0) is 19.1 Å². The molecule has 1 aromatic carbocycles. The minimum Gasteiger partial charge on any atom is -0.748 e. The molecule has 0 aliphatic heterocycles. The standard InChI is InChI=1S/C11H17NO4S.Na/c1-2-12(10-6-4-3-5-7-10)8-11(13)9-17(14,15)16;/h3-7,11,13H,2,8-9H2,1H3,(H,14,15,16);/q;+1/p-1. The molecular weight excluding hydrogens is 265 g/mol. The van der Waals surface area contributed by atoms with Crippen molar-refractivity contribution >= 4 is 15.8 Å². The maximum absolute atomic E-state index is 10.5. The summed E-state index contributed by atoms with van der Waals surface area (Å²) in [7, 11) is -4.39. The summed E-state index contributed by atoms with van der Waals surface area (Å²) in [6.07, 6.45) is -1.17. The Morgan fingerprint density at radius 3 is 2.33 bits per heavy atom. The molecule has 1 rings (SSSR count). The van der Waals surface area contributed by atoms with Crippen LogP contribution >= 0.6 is 0 Å². The Labute approximate surface area is 130 Å². The van der Waals surface area contributed by atoms with E-state index in [2.05, 4.69) is 0 Å². The van der Waals surface area contributed by atoms with Crippen molar-refractivity contribution in [2.45, 2.75) is 13.0 Å². The van der Waals surface area contributed by atoms with Crippen molar-refractivity contribution < 1.29 is 47.6 Å². The average molecular weight is 281 g/mol. The second-order valence-electron chi connectivity index (χ2n) is 3.75. The van der Waals surface area contributed by atoms with Crippen molar-refractivity contribution in [3.63, 3.8) is 0 Å². The molecule has 18 heavy (non-hydrogen) atoms. The fraction of sp³-hybridized carbons (Fsp3) is 0.455. The third-order valence-corrected chi connectivity index (χ3v) is 3.12. The molecule has 1 atom stereocenters. The van der Waals surface area contributed by atoms with E-state index in [0.717, 1.165) is 5.69 Å². The predicted octanol–water partition coefficient (Wildman–Crippen LogP) is -2.58. The summed E-state index contributed by atoms with van der Waals surface area (Å²) in [4.78, 5) is 1.82. The van der Waals surface area contributed by atoms with Gasteiger partial charge in [-0.2, -0.15) is 0 Å². The van der Waals surface area contributed by atoms with Crippen LogP contribution in [0.1, 0.15) is 6.92 Å². The van der Waals surface area contributed by atoms with Gasteiger partial charge in [0.15, 0.2) is 0 Å². The smallest absolute Gasteiger partial charge is 0.748 e. The Kier molecular flexibility index (Phi) is 8.09. The molecule has 0 aliphatic rings. The first-order valence-electron chi connectivity index (χ1n) is 5.34. The van der Waals surface area contributed by atoms with Crippen molar-refractivity contribution in [2.24, 2.45) is 0 Å². The number of anilines is 1. The van der Waals surface area contributed by atoms with Crippen LogP contribution in [0.15, 0.2) is 30.3 Å². The van der Waals surface area contributed by atoms with Gasteiger partial charge in [-0.3, -0.25) is 0 Å². The number of nitrogens with zero attached hydrogens (tertiary/aromatic N) is 1. The van der Waals surface area contributed by atoms with E-state index < -0.39 is 22.0 Å². The zero-order chi connectivity index (χ0) is 12.9. The van der Waals surface area contributed by atoms with Gasteiger partial charge in [0.2, 0.25) is 0 Å². The van der Waals surface area contributed by atoms with Gasteiger partial charge in [0.25, 0.3) is 0 Å². The molecule has 1 unspecified atom stereocenters. The van der Waals surface area contributed by atoms with Gasteiger partial charge in [-0.1, -0.05) is 18.2 Å². The third kappa shape index (κ3) is 6.72. The zero-order valence-electron chi connectivity index (χ0n) is 10.6. The fourth-order valence-corrected chi connectivity index (χ4v) is 2.18. The Balaban J connectivity index is 0.00000289. The van der Waals surface area contributed by atoms with Crippen LogP contribution in [0.3, 0.4) is 0 Å². The van der Waals surface area contributed by atoms with Crippen LogP contribution in [0, 0.1) is 0 Å². The number of para-hydroxylation sites is 1. The molecule has 96 valence electrons. The van der Waals surface area contributed by atoms with Crippen LogP contribution < -0.4 is 34.5 Å². The Bertz CT molecular complexity index is 438. The minimum atomic E-state index is -4.39. The number of benzene rings is 1. The van der Waals surface area contributed by atoms with Gasteiger partial charge in [0.05, 0.1) is 22.0 Å². The van der Waals surface area contributed by atoms with E-state index in [0.29, 0.717) is 6.54 Å². The maximum Gasteiger partial charge on any atom is 1.00 e. The van der Waals surface area contributed by atoms with Gasteiger partial charge in [0, 0.05) is 18.8 Å². The summed E-state index contributed by atoms with van der Waals surface area (Å²) < 4.78 is 31.5. The summed E-state index contributed by atoms with van der Waals surface area (Å²) >= 11 is 0. The van der Waals surface area contributed by atoms with E-state index in [4.69, 9.17) is 0 Å². The molecule has 0 fully saturated rings. The van der Waals surface area contributed by atoms with E-state index in [1.807, 2.05) is 42.2 Å². The molecule has 1 aromatic rings. The van der Waals surface area contributed by atoms with Gasteiger partial charge in [-0.25, -0.2) is 8.42 Å². The summed E-state index contributed by atoms with van der Waals surface area (Å²) in [5, 5.41) is 9.53. The Hall–Kier alpha value is -0.110. The number of rotatable bonds is 6. The molecule has 0 bridgehead atoms. The molecule has 5 nitrogen and oxygen atoms in total. The van der Waals surface area contributed by atoms with E-state index in [1.54, 1.807) is 0 Å². The molecule has 0 heterocycles. The number of aliphatic hydroxyl groups is 1. The maximum atomic E-state index is 10.5. The van der Waals surface area contributed by atoms with Crippen LogP contribution in [0.2, 0.25) is 0 Å². The second-order valence-corrected chi connectivity index (χ2v) is 5.20. The number of likely N-dealkylation sites (N-methyl/N-ethyl adjacent to an activating group) is 1. The van der Waals surface area contributed by atoms with E-state index in [9.17, 15) is 18.1 Å². The average Bonchev–Trinajstić information content (AvgIpc) is 2.24. The van der Waals surface area contributed by atoms with Gasteiger partial charge < -0.3 is 14.6 Å². The summed E-state index contributed by atoms with van der Waals surface area (Å²) in [6, 6.07) is 9.31. The van der Waals surface area contributed by atoms with Crippen LogP contribution in [0.5, 0.6) is 0 Å². The van der Waals surface area contributed by atoms with E-state index in [1.165, 1.54) is 0 Å². The largest absolute Gasteiger partial charge is 1.00 e. The first kappa shape index (κ1) is 17.9. The van der Waals surface area contributed by atoms with Crippen LogP contribution in [0.4, 0.5) is 5.69 Å². The number of aliphatic hydroxyl groups excluding tert-OH is 1. The first-order chi connectivity index (χ1) is 7.92. The minimum absolute atomic E-state index is 0. The topological polar surface area (TPSA) is 80.7 Å². The molecule has 7 heteroatoms. The van der Waals surface area contributed by atoms with Crippen molar-refractivity contribution in [3.05, 3.63) is 30.3 Å². The molecule has 0 aromatic heterocycles. The Morgan fingerprint density at radius 2 is 1.89 bits per heavy atom. The van der Waals surface area contributed by atoms with Gasteiger partial charge in [0.1, 0.15) is 0 Å². The fourth-order valence-electron chi connectivity index (χ4n) is 1.60.